The second-order valence-electron chi connectivity index (χ2n) is 3.80. The van der Waals surface area contributed by atoms with Crippen molar-refractivity contribution in [3.8, 4) is 0 Å². The highest BCUT2D eigenvalue weighted by molar-refractivity contribution is 5.75. The number of rotatable bonds is 7. The number of unbranched alkanes of at least 4 members (excludes halogenated alkanes) is 2. The summed E-state index contributed by atoms with van der Waals surface area (Å²) in [6.45, 7) is 0.811. The summed E-state index contributed by atoms with van der Waals surface area (Å²) in [7, 11) is 0. The molecule has 1 rings (SSSR count). The maximum atomic E-state index is 11.4. The average Bonchev–Trinajstić information content (AvgIpc) is 2.33. The second kappa shape index (κ2) is 7.88. The third-order valence-electron chi connectivity index (χ3n) is 2.39. The Bertz CT molecular complexity index is 298. The number of hydrogen-bond acceptors (Lipinski definition) is 2. The van der Waals surface area contributed by atoms with Crippen molar-refractivity contribution >= 4 is 5.91 Å². The molecule has 0 bridgehead atoms. The van der Waals surface area contributed by atoms with Crippen LogP contribution in [0.25, 0.3) is 0 Å². The average molecular weight is 221 g/mol. The molecule has 3 heteroatoms. The lowest BCUT2D eigenvalue weighted by atomic mass is 10.2. The molecule has 1 amide bonds. The number of carbonyl (C=O) groups is 1. The zero-order chi connectivity index (χ0) is 11.6. The molecule has 0 saturated carbocycles. The fourth-order valence-electron chi connectivity index (χ4n) is 1.46. The Kier molecular flexibility index (Phi) is 6.26. The minimum absolute atomic E-state index is 0.0850. The third-order valence-corrected chi connectivity index (χ3v) is 2.39. The van der Waals surface area contributed by atoms with Crippen LogP contribution in [-0.2, 0) is 11.3 Å². The summed E-state index contributed by atoms with van der Waals surface area (Å²) in [6, 6.07) is 9.86. The number of hydrogen-bond donors (Lipinski definition) is 2. The summed E-state index contributed by atoms with van der Waals surface area (Å²) in [5, 5.41) is 11.5. The Morgan fingerprint density at radius 1 is 1.12 bits per heavy atom. The Morgan fingerprint density at radius 3 is 2.56 bits per heavy atom. The smallest absolute Gasteiger partial charge is 0.220 e. The Hall–Kier alpha value is -1.35. The summed E-state index contributed by atoms with van der Waals surface area (Å²) < 4.78 is 0. The number of aliphatic hydroxyl groups excluding tert-OH is 1. The van der Waals surface area contributed by atoms with Crippen molar-refractivity contribution in [1.29, 1.82) is 0 Å². The quantitative estimate of drug-likeness (QED) is 0.690. The predicted octanol–water partition coefficient (Wildman–Crippen LogP) is 1.86. The molecule has 1 aromatic carbocycles. The first-order chi connectivity index (χ1) is 7.83. The molecule has 0 unspecified atom stereocenters. The minimum atomic E-state index is 0.0850. The first kappa shape index (κ1) is 12.7. The highest BCUT2D eigenvalue weighted by Gasteiger charge is 2.00. The number of carbonyl (C=O) groups excluding carboxylic acids is 1. The van der Waals surface area contributed by atoms with Gasteiger partial charge >= 0.3 is 0 Å². The van der Waals surface area contributed by atoms with Crippen LogP contribution >= 0.6 is 0 Å². The van der Waals surface area contributed by atoms with Crippen LogP contribution in [0, 0.1) is 0 Å². The van der Waals surface area contributed by atoms with Crippen molar-refractivity contribution in [2.75, 3.05) is 6.61 Å². The fourth-order valence-corrected chi connectivity index (χ4v) is 1.46. The van der Waals surface area contributed by atoms with E-state index in [0.717, 1.165) is 24.8 Å². The topological polar surface area (TPSA) is 49.3 Å². The molecular formula is C13H19NO2. The second-order valence-corrected chi connectivity index (χ2v) is 3.80. The van der Waals surface area contributed by atoms with Gasteiger partial charge < -0.3 is 10.4 Å². The van der Waals surface area contributed by atoms with Crippen LogP contribution in [0.3, 0.4) is 0 Å². The van der Waals surface area contributed by atoms with Crippen LogP contribution in [0.4, 0.5) is 0 Å². The van der Waals surface area contributed by atoms with Gasteiger partial charge in [-0.15, -0.1) is 0 Å². The van der Waals surface area contributed by atoms with Crippen molar-refractivity contribution in [2.45, 2.75) is 32.2 Å². The van der Waals surface area contributed by atoms with E-state index >= 15 is 0 Å². The Balaban J connectivity index is 2.11. The minimum Gasteiger partial charge on any atom is -0.396 e. The summed E-state index contributed by atoms with van der Waals surface area (Å²) in [5.41, 5.74) is 1.12. The number of nitrogens with one attached hydrogen (secondary N) is 1. The largest absolute Gasteiger partial charge is 0.396 e. The zero-order valence-electron chi connectivity index (χ0n) is 9.48. The van der Waals surface area contributed by atoms with E-state index in [1.165, 1.54) is 0 Å². The van der Waals surface area contributed by atoms with Crippen LogP contribution in [0.2, 0.25) is 0 Å². The molecule has 0 fully saturated rings. The van der Waals surface area contributed by atoms with E-state index in [2.05, 4.69) is 5.32 Å². The molecule has 0 radical (unpaired) electrons. The van der Waals surface area contributed by atoms with Gasteiger partial charge in [-0.05, 0) is 18.4 Å². The van der Waals surface area contributed by atoms with Gasteiger partial charge in [-0.3, -0.25) is 4.79 Å². The van der Waals surface area contributed by atoms with E-state index in [1.54, 1.807) is 0 Å². The van der Waals surface area contributed by atoms with Gasteiger partial charge in [0.25, 0.3) is 0 Å². The molecule has 0 heterocycles. The molecule has 2 N–H and O–H groups in total. The Labute approximate surface area is 96.5 Å². The van der Waals surface area contributed by atoms with Gasteiger partial charge in [-0.1, -0.05) is 36.8 Å². The molecule has 16 heavy (non-hydrogen) atoms. The molecule has 1 aromatic rings. The van der Waals surface area contributed by atoms with E-state index in [-0.39, 0.29) is 12.5 Å². The van der Waals surface area contributed by atoms with Crippen LogP contribution in [0.5, 0.6) is 0 Å². The highest BCUT2D eigenvalue weighted by atomic mass is 16.2. The molecule has 0 saturated heterocycles. The Morgan fingerprint density at radius 2 is 1.88 bits per heavy atom. The summed E-state index contributed by atoms with van der Waals surface area (Å²) >= 11 is 0. The van der Waals surface area contributed by atoms with Gasteiger partial charge in [0, 0.05) is 19.6 Å². The lowest BCUT2D eigenvalue weighted by Crippen LogP contribution is -2.22. The van der Waals surface area contributed by atoms with Crippen LogP contribution in [-0.4, -0.2) is 17.6 Å². The summed E-state index contributed by atoms with van der Waals surface area (Å²) in [5.74, 6) is 0.0850. The van der Waals surface area contributed by atoms with Crippen molar-refractivity contribution in [2.24, 2.45) is 0 Å². The van der Waals surface area contributed by atoms with Gasteiger partial charge in [0.1, 0.15) is 0 Å². The van der Waals surface area contributed by atoms with E-state index in [1.807, 2.05) is 30.3 Å². The SMILES string of the molecule is O=C(CCCCCO)NCc1ccccc1. The van der Waals surface area contributed by atoms with Crippen LogP contribution in [0.1, 0.15) is 31.2 Å². The van der Waals surface area contributed by atoms with E-state index in [4.69, 9.17) is 5.11 Å². The van der Waals surface area contributed by atoms with Gasteiger partial charge in [0.15, 0.2) is 0 Å². The van der Waals surface area contributed by atoms with Crippen LogP contribution < -0.4 is 5.32 Å². The molecule has 0 aliphatic rings. The summed E-state index contributed by atoms with van der Waals surface area (Å²) in [4.78, 5) is 11.4. The summed E-state index contributed by atoms with van der Waals surface area (Å²) in [6.07, 6.45) is 3.09. The molecule has 3 nitrogen and oxygen atoms in total. The van der Waals surface area contributed by atoms with E-state index in [9.17, 15) is 4.79 Å². The van der Waals surface area contributed by atoms with Gasteiger partial charge in [-0.25, -0.2) is 0 Å². The van der Waals surface area contributed by atoms with Gasteiger partial charge in [0.2, 0.25) is 5.91 Å². The molecule has 0 aliphatic carbocycles. The normalized spacial score (nSPS) is 10.1. The van der Waals surface area contributed by atoms with E-state index < -0.39 is 0 Å². The van der Waals surface area contributed by atoms with E-state index in [0.29, 0.717) is 13.0 Å². The van der Waals surface area contributed by atoms with Gasteiger partial charge in [-0.2, -0.15) is 0 Å². The number of benzene rings is 1. The van der Waals surface area contributed by atoms with Crippen LogP contribution in [0.15, 0.2) is 30.3 Å². The predicted molar refractivity (Wildman–Crippen MR) is 63.8 cm³/mol. The number of amides is 1. The van der Waals surface area contributed by atoms with Crippen molar-refractivity contribution in [3.63, 3.8) is 0 Å². The zero-order valence-corrected chi connectivity index (χ0v) is 9.48. The molecule has 0 spiro atoms. The lowest BCUT2D eigenvalue weighted by Gasteiger charge is -2.04. The third kappa shape index (κ3) is 5.51. The fraction of sp³-hybridized carbons (Fsp3) is 0.462. The van der Waals surface area contributed by atoms with Crippen molar-refractivity contribution in [3.05, 3.63) is 35.9 Å². The van der Waals surface area contributed by atoms with Crippen molar-refractivity contribution in [1.82, 2.24) is 5.32 Å². The first-order valence-corrected chi connectivity index (χ1v) is 5.74. The monoisotopic (exact) mass is 221 g/mol. The molecule has 0 atom stereocenters. The lowest BCUT2D eigenvalue weighted by molar-refractivity contribution is -0.121. The maximum Gasteiger partial charge on any atom is 0.220 e. The highest BCUT2D eigenvalue weighted by Crippen LogP contribution is 2.00. The molecule has 88 valence electrons. The number of aliphatic hydroxyl groups is 1. The van der Waals surface area contributed by atoms with Gasteiger partial charge in [0.05, 0.1) is 0 Å². The van der Waals surface area contributed by atoms with Crippen molar-refractivity contribution < 1.29 is 9.90 Å². The molecular weight excluding hydrogens is 202 g/mol. The first-order valence-electron chi connectivity index (χ1n) is 5.74. The molecule has 0 aromatic heterocycles. The standard InChI is InChI=1S/C13H19NO2/c15-10-6-2-5-9-13(16)14-11-12-7-3-1-4-8-12/h1,3-4,7-8,15H,2,5-6,9-11H2,(H,14,16). The molecule has 0 aliphatic heterocycles. The maximum absolute atomic E-state index is 11.4.